The van der Waals surface area contributed by atoms with Gasteiger partial charge in [-0.2, -0.15) is 0 Å². The Morgan fingerprint density at radius 1 is 1.37 bits per heavy atom. The molecule has 5 heteroatoms. The van der Waals surface area contributed by atoms with Gasteiger partial charge in [0, 0.05) is 18.7 Å². The van der Waals surface area contributed by atoms with Gasteiger partial charge in [-0.15, -0.1) is 0 Å². The first-order chi connectivity index (χ1) is 8.97. The fourth-order valence-corrected chi connectivity index (χ4v) is 1.64. The van der Waals surface area contributed by atoms with Gasteiger partial charge in [-0.25, -0.2) is 0 Å². The second-order valence-corrected chi connectivity index (χ2v) is 4.76. The Morgan fingerprint density at radius 3 is 2.79 bits per heavy atom. The topological polar surface area (TPSA) is 79.5 Å². The van der Waals surface area contributed by atoms with Crippen molar-refractivity contribution in [2.75, 3.05) is 6.54 Å². The number of carbonyl (C=O) groups is 1. The molecule has 0 unspecified atom stereocenters. The highest BCUT2D eigenvalue weighted by Gasteiger charge is 2.12. The van der Waals surface area contributed by atoms with Crippen LogP contribution in [0.3, 0.4) is 0 Å². The molecule has 1 aromatic heterocycles. The molecule has 2 rings (SSSR count). The first kappa shape index (κ1) is 13.1. The van der Waals surface area contributed by atoms with Crippen LogP contribution in [-0.2, 0) is 0 Å². The zero-order chi connectivity index (χ0) is 14.0. The molecule has 0 radical (unpaired) electrons. The number of fused-ring (bicyclic) bond motifs is 1. The molecule has 0 fully saturated rings. The number of phenols is 1. The van der Waals surface area contributed by atoms with E-state index in [2.05, 4.69) is 5.32 Å². The lowest BCUT2D eigenvalue weighted by molar-refractivity contribution is 0.0922. The highest BCUT2D eigenvalue weighted by Crippen LogP contribution is 2.18. The van der Waals surface area contributed by atoms with Crippen LogP contribution in [0.25, 0.3) is 11.0 Å². The molecule has 0 aliphatic rings. The summed E-state index contributed by atoms with van der Waals surface area (Å²) >= 11 is 0. The average molecular weight is 261 g/mol. The minimum Gasteiger partial charge on any atom is -0.508 e. The van der Waals surface area contributed by atoms with Gasteiger partial charge in [-0.05, 0) is 18.1 Å². The van der Waals surface area contributed by atoms with E-state index in [1.165, 1.54) is 18.2 Å². The second-order valence-electron chi connectivity index (χ2n) is 4.76. The van der Waals surface area contributed by atoms with Crippen LogP contribution in [0.1, 0.15) is 24.4 Å². The Hall–Kier alpha value is -2.30. The summed E-state index contributed by atoms with van der Waals surface area (Å²) < 4.78 is 5.35. The zero-order valence-corrected chi connectivity index (χ0v) is 10.8. The summed E-state index contributed by atoms with van der Waals surface area (Å²) in [5, 5.41) is 12.4. The van der Waals surface area contributed by atoms with Gasteiger partial charge in [0.2, 0.25) is 0 Å². The van der Waals surface area contributed by atoms with E-state index in [1.54, 1.807) is 0 Å². The third kappa shape index (κ3) is 2.93. The third-order valence-corrected chi connectivity index (χ3v) is 2.61. The van der Waals surface area contributed by atoms with Gasteiger partial charge in [0.1, 0.15) is 11.3 Å². The number of hydrogen-bond donors (Lipinski definition) is 2. The summed E-state index contributed by atoms with van der Waals surface area (Å²) in [6.07, 6.45) is 0. The molecule has 19 heavy (non-hydrogen) atoms. The average Bonchev–Trinajstić information content (AvgIpc) is 2.35. The molecule has 1 amide bonds. The molecule has 2 aromatic rings. The third-order valence-electron chi connectivity index (χ3n) is 2.61. The second kappa shape index (κ2) is 5.14. The molecular weight excluding hydrogens is 246 g/mol. The number of hydrogen-bond acceptors (Lipinski definition) is 4. The first-order valence-electron chi connectivity index (χ1n) is 6.02. The lowest BCUT2D eigenvalue weighted by Gasteiger charge is -2.07. The van der Waals surface area contributed by atoms with Crippen LogP contribution >= 0.6 is 0 Å². The number of benzene rings is 1. The van der Waals surface area contributed by atoms with Crippen molar-refractivity contribution in [1.29, 1.82) is 0 Å². The van der Waals surface area contributed by atoms with Crippen molar-refractivity contribution < 1.29 is 14.3 Å². The minimum atomic E-state index is -0.434. The molecule has 0 saturated carbocycles. The van der Waals surface area contributed by atoms with Crippen molar-refractivity contribution >= 4 is 16.9 Å². The van der Waals surface area contributed by atoms with Crippen LogP contribution in [0.5, 0.6) is 5.75 Å². The lowest BCUT2D eigenvalue weighted by atomic mass is 10.2. The van der Waals surface area contributed by atoms with E-state index in [0.29, 0.717) is 17.8 Å². The fourth-order valence-electron chi connectivity index (χ4n) is 1.64. The molecular formula is C14H15NO4. The van der Waals surface area contributed by atoms with E-state index in [4.69, 9.17) is 4.42 Å². The molecule has 1 aromatic carbocycles. The zero-order valence-electron chi connectivity index (χ0n) is 10.8. The van der Waals surface area contributed by atoms with E-state index < -0.39 is 5.91 Å². The summed E-state index contributed by atoms with van der Waals surface area (Å²) in [4.78, 5) is 23.7. The molecule has 0 bridgehead atoms. The smallest absolute Gasteiger partial charge is 0.287 e. The van der Waals surface area contributed by atoms with E-state index >= 15 is 0 Å². The first-order valence-corrected chi connectivity index (χ1v) is 6.02. The molecule has 0 spiro atoms. The van der Waals surface area contributed by atoms with Crippen molar-refractivity contribution in [1.82, 2.24) is 5.32 Å². The van der Waals surface area contributed by atoms with Gasteiger partial charge < -0.3 is 14.8 Å². The molecule has 0 aliphatic carbocycles. The molecule has 2 N–H and O–H groups in total. The van der Waals surface area contributed by atoms with Gasteiger partial charge in [0.05, 0.1) is 5.39 Å². The van der Waals surface area contributed by atoms with Crippen LogP contribution in [0.2, 0.25) is 0 Å². The standard InChI is InChI=1S/C14H15NO4/c1-8(2)7-15-14(18)13-6-11(17)10-4-3-9(16)5-12(10)19-13/h3-6,8,16H,7H2,1-2H3,(H,15,18). The predicted molar refractivity (Wildman–Crippen MR) is 71.3 cm³/mol. The number of aromatic hydroxyl groups is 1. The van der Waals surface area contributed by atoms with Crippen molar-refractivity contribution in [3.05, 3.63) is 40.2 Å². The van der Waals surface area contributed by atoms with Crippen LogP contribution in [0.15, 0.2) is 33.5 Å². The maximum Gasteiger partial charge on any atom is 0.287 e. The summed E-state index contributed by atoms with van der Waals surface area (Å²) in [5.41, 5.74) is -0.113. The SMILES string of the molecule is CC(C)CNC(=O)c1cc(=O)c2ccc(O)cc2o1. The van der Waals surface area contributed by atoms with Crippen molar-refractivity contribution in [2.45, 2.75) is 13.8 Å². The largest absolute Gasteiger partial charge is 0.508 e. The van der Waals surface area contributed by atoms with Crippen molar-refractivity contribution in [3.63, 3.8) is 0 Å². The predicted octanol–water partition coefficient (Wildman–Crippen LogP) is 1.88. The van der Waals surface area contributed by atoms with E-state index in [0.717, 1.165) is 6.07 Å². The molecule has 100 valence electrons. The van der Waals surface area contributed by atoms with Crippen molar-refractivity contribution in [3.8, 4) is 5.75 Å². The number of phenolic OH excluding ortho intramolecular Hbond substituents is 1. The number of rotatable bonds is 3. The van der Waals surface area contributed by atoms with Gasteiger partial charge in [0.15, 0.2) is 11.2 Å². The fraction of sp³-hybridized carbons (Fsp3) is 0.286. The Labute approximate surface area is 109 Å². The summed E-state index contributed by atoms with van der Waals surface area (Å²) in [5.74, 6) is -0.199. The van der Waals surface area contributed by atoms with Crippen LogP contribution in [0, 0.1) is 5.92 Å². The molecule has 0 aliphatic heterocycles. The highest BCUT2D eigenvalue weighted by molar-refractivity contribution is 5.93. The Balaban J connectivity index is 2.39. The van der Waals surface area contributed by atoms with Crippen LogP contribution in [-0.4, -0.2) is 17.6 Å². The number of amides is 1. The molecule has 0 saturated heterocycles. The molecule has 1 heterocycles. The Kier molecular flexibility index (Phi) is 3.55. The number of nitrogens with one attached hydrogen (secondary N) is 1. The van der Waals surface area contributed by atoms with Gasteiger partial charge in [0.25, 0.3) is 5.91 Å². The summed E-state index contributed by atoms with van der Waals surface area (Å²) in [6, 6.07) is 5.34. The highest BCUT2D eigenvalue weighted by atomic mass is 16.3. The van der Waals surface area contributed by atoms with Gasteiger partial charge in [-0.1, -0.05) is 13.8 Å². The van der Waals surface area contributed by atoms with Gasteiger partial charge in [-0.3, -0.25) is 9.59 Å². The minimum absolute atomic E-state index is 0.0182. The maximum absolute atomic E-state index is 11.8. The summed E-state index contributed by atoms with van der Waals surface area (Å²) in [6.45, 7) is 4.43. The quantitative estimate of drug-likeness (QED) is 0.884. The van der Waals surface area contributed by atoms with E-state index in [9.17, 15) is 14.7 Å². The molecule has 5 nitrogen and oxygen atoms in total. The van der Waals surface area contributed by atoms with Crippen LogP contribution in [0.4, 0.5) is 0 Å². The van der Waals surface area contributed by atoms with E-state index in [-0.39, 0.29) is 22.5 Å². The van der Waals surface area contributed by atoms with Crippen LogP contribution < -0.4 is 10.7 Å². The molecule has 0 atom stereocenters. The lowest BCUT2D eigenvalue weighted by Crippen LogP contribution is -2.28. The van der Waals surface area contributed by atoms with Crippen molar-refractivity contribution in [2.24, 2.45) is 5.92 Å². The normalized spacial score (nSPS) is 10.9. The summed E-state index contributed by atoms with van der Waals surface area (Å²) in [7, 11) is 0. The monoisotopic (exact) mass is 261 g/mol. The Bertz CT molecular complexity index is 673. The van der Waals surface area contributed by atoms with E-state index in [1.807, 2.05) is 13.8 Å². The maximum atomic E-state index is 11.8. The van der Waals surface area contributed by atoms with Gasteiger partial charge >= 0.3 is 0 Å². The number of carbonyl (C=O) groups excluding carboxylic acids is 1. The Morgan fingerprint density at radius 2 is 2.11 bits per heavy atom.